The van der Waals surface area contributed by atoms with Crippen molar-refractivity contribution >= 4 is 11.6 Å². The van der Waals surface area contributed by atoms with Gasteiger partial charge in [-0.05, 0) is 43.4 Å². The van der Waals surface area contributed by atoms with Gasteiger partial charge in [-0.2, -0.15) is 0 Å². The topological polar surface area (TPSA) is 0 Å². The fraction of sp³-hybridized carbons (Fsp3) is 0.647. The smallest absolute Gasteiger partial charge is 0.0376 e. The lowest BCUT2D eigenvalue weighted by atomic mass is 10.0. The molecule has 0 aliphatic rings. The monoisotopic (exact) mass is 266 g/mol. The summed E-state index contributed by atoms with van der Waals surface area (Å²) in [5.74, 6) is 0. The van der Waals surface area contributed by atoms with Gasteiger partial charge in [0.25, 0.3) is 0 Å². The molecule has 0 spiro atoms. The third-order valence-electron chi connectivity index (χ3n) is 3.65. The molecule has 0 aliphatic heterocycles. The fourth-order valence-corrected chi connectivity index (χ4v) is 2.59. The number of aryl methyl sites for hydroxylation is 2. The third kappa shape index (κ3) is 5.91. The van der Waals surface area contributed by atoms with E-state index >= 15 is 0 Å². The predicted octanol–water partition coefficient (Wildman–Crippen LogP) is 5.81. The minimum absolute atomic E-state index is 0.300. The van der Waals surface area contributed by atoms with E-state index in [0.29, 0.717) is 5.38 Å². The highest BCUT2D eigenvalue weighted by molar-refractivity contribution is 6.20. The molecule has 0 N–H and O–H groups in total. The number of hydrogen-bond donors (Lipinski definition) is 0. The zero-order valence-electron chi connectivity index (χ0n) is 12.1. The van der Waals surface area contributed by atoms with Gasteiger partial charge in [0.2, 0.25) is 0 Å². The summed E-state index contributed by atoms with van der Waals surface area (Å²) in [6, 6.07) is 6.70. The van der Waals surface area contributed by atoms with Crippen molar-refractivity contribution in [3.05, 3.63) is 34.9 Å². The number of hydrogen-bond acceptors (Lipinski definition) is 0. The maximum atomic E-state index is 6.42. The van der Waals surface area contributed by atoms with Crippen LogP contribution in [-0.2, 0) is 6.42 Å². The van der Waals surface area contributed by atoms with E-state index in [4.69, 9.17) is 11.6 Å². The van der Waals surface area contributed by atoms with E-state index in [2.05, 4.69) is 39.0 Å². The van der Waals surface area contributed by atoms with Crippen molar-refractivity contribution in [2.24, 2.45) is 0 Å². The normalized spacial score (nSPS) is 12.7. The van der Waals surface area contributed by atoms with Gasteiger partial charge in [-0.15, -0.1) is 11.6 Å². The van der Waals surface area contributed by atoms with Crippen molar-refractivity contribution in [1.29, 1.82) is 0 Å². The molecular formula is C17H27Cl. The zero-order valence-corrected chi connectivity index (χ0v) is 12.9. The second-order valence-corrected chi connectivity index (χ2v) is 6.04. The Hall–Kier alpha value is -0.490. The van der Waals surface area contributed by atoms with Crippen molar-refractivity contribution in [3.8, 4) is 0 Å². The lowest BCUT2D eigenvalue weighted by molar-refractivity contribution is 0.593. The highest BCUT2D eigenvalue weighted by atomic mass is 35.5. The van der Waals surface area contributed by atoms with E-state index < -0.39 is 0 Å². The number of alkyl halides is 1. The highest BCUT2D eigenvalue weighted by Gasteiger charge is 2.06. The minimum atomic E-state index is 0.300. The van der Waals surface area contributed by atoms with Gasteiger partial charge < -0.3 is 0 Å². The average Bonchev–Trinajstić information content (AvgIpc) is 2.34. The fourth-order valence-electron chi connectivity index (χ4n) is 2.26. The Balaban J connectivity index is 2.26. The summed E-state index contributed by atoms with van der Waals surface area (Å²) in [7, 11) is 0. The first-order chi connectivity index (χ1) is 8.63. The summed E-state index contributed by atoms with van der Waals surface area (Å²) >= 11 is 6.42. The van der Waals surface area contributed by atoms with Gasteiger partial charge in [0.05, 0.1) is 0 Å². The molecule has 1 atom stereocenters. The molecule has 18 heavy (non-hydrogen) atoms. The van der Waals surface area contributed by atoms with Crippen LogP contribution in [0.1, 0.15) is 62.1 Å². The molecule has 0 saturated carbocycles. The largest absolute Gasteiger partial charge is 0.123 e. The number of benzene rings is 1. The summed E-state index contributed by atoms with van der Waals surface area (Å²) in [4.78, 5) is 0. The quantitative estimate of drug-likeness (QED) is 0.411. The van der Waals surface area contributed by atoms with Crippen LogP contribution in [0.5, 0.6) is 0 Å². The summed E-state index contributed by atoms with van der Waals surface area (Å²) in [5.41, 5.74) is 4.12. The Labute approximate surface area is 118 Å². The number of rotatable bonds is 8. The van der Waals surface area contributed by atoms with E-state index in [9.17, 15) is 0 Å². The molecule has 0 aromatic heterocycles. The Morgan fingerprint density at radius 2 is 1.72 bits per heavy atom. The summed E-state index contributed by atoms with van der Waals surface area (Å²) in [6.07, 6.45) is 8.82. The first kappa shape index (κ1) is 15.6. The summed E-state index contributed by atoms with van der Waals surface area (Å²) < 4.78 is 0. The van der Waals surface area contributed by atoms with Gasteiger partial charge in [-0.1, -0.05) is 57.2 Å². The van der Waals surface area contributed by atoms with E-state index in [1.165, 1.54) is 48.8 Å². The molecule has 1 aromatic rings. The van der Waals surface area contributed by atoms with Crippen molar-refractivity contribution in [1.82, 2.24) is 0 Å². The molecule has 0 amide bonds. The summed E-state index contributed by atoms with van der Waals surface area (Å²) in [5, 5.41) is 0.300. The molecule has 102 valence electrons. The van der Waals surface area contributed by atoms with Crippen LogP contribution in [0.15, 0.2) is 18.2 Å². The van der Waals surface area contributed by atoms with Crippen molar-refractivity contribution in [2.45, 2.75) is 71.1 Å². The van der Waals surface area contributed by atoms with Gasteiger partial charge >= 0.3 is 0 Å². The minimum Gasteiger partial charge on any atom is -0.123 e. The molecule has 1 aromatic carbocycles. The molecule has 0 saturated heterocycles. The van der Waals surface area contributed by atoms with Gasteiger partial charge in [-0.25, -0.2) is 0 Å². The molecule has 0 heterocycles. The lowest BCUT2D eigenvalue weighted by Gasteiger charge is -2.11. The van der Waals surface area contributed by atoms with Crippen molar-refractivity contribution in [3.63, 3.8) is 0 Å². The van der Waals surface area contributed by atoms with Crippen molar-refractivity contribution in [2.75, 3.05) is 0 Å². The first-order valence-electron chi connectivity index (χ1n) is 7.33. The van der Waals surface area contributed by atoms with Gasteiger partial charge in [0, 0.05) is 5.38 Å². The molecule has 0 aliphatic carbocycles. The van der Waals surface area contributed by atoms with E-state index in [1.54, 1.807) is 0 Å². The third-order valence-corrected chi connectivity index (χ3v) is 4.02. The van der Waals surface area contributed by atoms with Crippen LogP contribution in [0.25, 0.3) is 0 Å². The second-order valence-electron chi connectivity index (χ2n) is 5.42. The highest BCUT2D eigenvalue weighted by Crippen LogP contribution is 2.18. The van der Waals surface area contributed by atoms with Crippen LogP contribution in [0.3, 0.4) is 0 Å². The molecule has 0 fully saturated rings. The molecule has 1 unspecified atom stereocenters. The van der Waals surface area contributed by atoms with Crippen LogP contribution in [0.2, 0.25) is 0 Å². The molecule has 0 nitrogen and oxygen atoms in total. The van der Waals surface area contributed by atoms with Crippen LogP contribution in [-0.4, -0.2) is 5.38 Å². The van der Waals surface area contributed by atoms with Crippen molar-refractivity contribution < 1.29 is 0 Å². The predicted molar refractivity (Wildman–Crippen MR) is 82.6 cm³/mol. The molecular weight excluding hydrogens is 240 g/mol. The SMILES string of the molecule is CCCCCCCC(Cl)Cc1ccc(C)c(C)c1. The van der Waals surface area contributed by atoms with Gasteiger partial charge in [-0.3, -0.25) is 0 Å². The summed E-state index contributed by atoms with van der Waals surface area (Å²) in [6.45, 7) is 6.59. The lowest BCUT2D eigenvalue weighted by Crippen LogP contribution is -2.03. The van der Waals surface area contributed by atoms with Gasteiger partial charge in [0.1, 0.15) is 0 Å². The number of unbranched alkanes of at least 4 members (excludes halogenated alkanes) is 4. The van der Waals surface area contributed by atoms with Crippen LogP contribution >= 0.6 is 11.6 Å². The van der Waals surface area contributed by atoms with E-state index in [-0.39, 0.29) is 0 Å². The van der Waals surface area contributed by atoms with Crippen LogP contribution in [0.4, 0.5) is 0 Å². The Morgan fingerprint density at radius 3 is 2.39 bits per heavy atom. The van der Waals surface area contributed by atoms with Crippen LogP contribution < -0.4 is 0 Å². The Bertz CT molecular complexity index is 343. The molecule has 1 heteroatoms. The molecule has 1 rings (SSSR count). The van der Waals surface area contributed by atoms with Gasteiger partial charge in [0.15, 0.2) is 0 Å². The molecule has 0 bridgehead atoms. The standard InChI is InChI=1S/C17H27Cl/c1-4-5-6-7-8-9-17(18)13-16-11-10-14(2)15(3)12-16/h10-12,17H,4-9,13H2,1-3H3. The molecule has 0 radical (unpaired) electrons. The van der Waals surface area contributed by atoms with E-state index in [0.717, 1.165) is 12.8 Å². The maximum Gasteiger partial charge on any atom is 0.0376 e. The zero-order chi connectivity index (χ0) is 13.4. The van der Waals surface area contributed by atoms with E-state index in [1.807, 2.05) is 0 Å². The maximum absolute atomic E-state index is 6.42. The Kier molecular flexibility index (Phi) is 7.42. The first-order valence-corrected chi connectivity index (χ1v) is 7.77. The second kappa shape index (κ2) is 8.58. The number of halogens is 1. The average molecular weight is 267 g/mol. The Morgan fingerprint density at radius 1 is 1.00 bits per heavy atom. The van der Waals surface area contributed by atoms with Crippen LogP contribution in [0, 0.1) is 13.8 Å².